The third-order valence-corrected chi connectivity index (χ3v) is 2.24. The molecule has 6 nitrogen and oxygen atoms in total. The van der Waals surface area contributed by atoms with E-state index in [4.69, 9.17) is 5.21 Å². The van der Waals surface area contributed by atoms with Crippen molar-refractivity contribution in [1.82, 2.24) is 9.78 Å². The summed E-state index contributed by atoms with van der Waals surface area (Å²) in [6.45, 7) is 1.67. The molecule has 0 aliphatic carbocycles. The van der Waals surface area contributed by atoms with Gasteiger partial charge in [-0.2, -0.15) is 5.10 Å². The normalized spacial score (nSPS) is 10.1. The molecule has 0 spiro atoms. The summed E-state index contributed by atoms with van der Waals surface area (Å²) in [5, 5.41) is 15.9. The monoisotopic (exact) mass is 218 g/mol. The smallest absolute Gasteiger partial charge is 0.225 e. The third-order valence-electron chi connectivity index (χ3n) is 2.24. The van der Waals surface area contributed by atoms with Gasteiger partial charge in [0.25, 0.3) is 0 Å². The molecule has 82 valence electrons. The molecule has 2 aromatic rings. The van der Waals surface area contributed by atoms with Crippen molar-refractivity contribution in [2.24, 2.45) is 5.18 Å². The Balaban J connectivity index is 2.62. The summed E-state index contributed by atoms with van der Waals surface area (Å²) in [4.78, 5) is 10.7. The average Bonchev–Trinajstić information content (AvgIpc) is 2.66. The molecular formula is C10H10N4O2. The first kappa shape index (κ1) is 10.3. The van der Waals surface area contributed by atoms with Crippen molar-refractivity contribution < 1.29 is 5.21 Å². The number of benzene rings is 1. The van der Waals surface area contributed by atoms with E-state index in [1.54, 1.807) is 19.1 Å². The second kappa shape index (κ2) is 4.11. The van der Waals surface area contributed by atoms with Crippen LogP contribution in [0.2, 0.25) is 0 Å². The number of aromatic nitrogens is 2. The zero-order valence-corrected chi connectivity index (χ0v) is 8.58. The van der Waals surface area contributed by atoms with E-state index in [1.807, 2.05) is 23.7 Å². The Labute approximate surface area is 91.5 Å². The van der Waals surface area contributed by atoms with Crippen LogP contribution in [0.25, 0.3) is 5.69 Å². The Morgan fingerprint density at radius 2 is 2.06 bits per heavy atom. The Bertz CT molecular complexity index is 507. The van der Waals surface area contributed by atoms with Crippen LogP contribution in [0.15, 0.2) is 35.5 Å². The first-order valence-corrected chi connectivity index (χ1v) is 4.66. The van der Waals surface area contributed by atoms with E-state index in [0.29, 0.717) is 11.4 Å². The van der Waals surface area contributed by atoms with Crippen LogP contribution >= 0.6 is 0 Å². The molecule has 0 saturated carbocycles. The first-order valence-electron chi connectivity index (χ1n) is 4.66. The molecule has 2 N–H and O–H groups in total. The maximum absolute atomic E-state index is 10.7. The minimum atomic E-state index is 0.0474. The zero-order chi connectivity index (χ0) is 11.5. The van der Waals surface area contributed by atoms with E-state index in [-0.39, 0.29) is 11.5 Å². The highest BCUT2D eigenvalue weighted by atomic mass is 16.5. The lowest BCUT2D eigenvalue weighted by atomic mass is 10.3. The number of hydrogen-bond donors (Lipinski definition) is 2. The predicted octanol–water partition coefficient (Wildman–Crippen LogP) is 2.38. The lowest BCUT2D eigenvalue weighted by Crippen LogP contribution is -1.95. The first-order chi connectivity index (χ1) is 7.77. The van der Waals surface area contributed by atoms with Crippen molar-refractivity contribution in [3.63, 3.8) is 0 Å². The lowest BCUT2D eigenvalue weighted by molar-refractivity contribution is 0.388. The van der Waals surface area contributed by atoms with Crippen LogP contribution in [0.3, 0.4) is 0 Å². The van der Waals surface area contributed by atoms with Crippen LogP contribution in [0.1, 0.15) is 5.69 Å². The number of rotatable bonds is 3. The van der Waals surface area contributed by atoms with Crippen molar-refractivity contribution in [2.75, 3.05) is 5.48 Å². The van der Waals surface area contributed by atoms with Crippen molar-refractivity contribution in [2.45, 2.75) is 6.92 Å². The van der Waals surface area contributed by atoms with Gasteiger partial charge in [0, 0.05) is 0 Å². The summed E-state index contributed by atoms with van der Waals surface area (Å²) in [6.07, 6.45) is 0. The maximum Gasteiger partial charge on any atom is 0.225 e. The van der Waals surface area contributed by atoms with Gasteiger partial charge in [0.05, 0.1) is 11.4 Å². The summed E-state index contributed by atoms with van der Waals surface area (Å²) in [5.41, 5.74) is 3.36. The standard InChI is InChI=1S/C10H10N4O2/c1-7-9(12-15)10(13-16)14(11-7)8-5-3-2-4-6-8/h2-6,12,15H,1H3. The van der Waals surface area contributed by atoms with Gasteiger partial charge in [0.1, 0.15) is 5.69 Å². The molecule has 1 aromatic heterocycles. The summed E-state index contributed by atoms with van der Waals surface area (Å²) in [7, 11) is 0. The fourth-order valence-electron chi connectivity index (χ4n) is 1.48. The molecule has 0 bridgehead atoms. The molecule has 1 aromatic carbocycles. The highest BCUT2D eigenvalue weighted by Crippen LogP contribution is 2.30. The fourth-order valence-corrected chi connectivity index (χ4v) is 1.48. The Hall–Kier alpha value is -2.21. The van der Waals surface area contributed by atoms with Crippen molar-refractivity contribution in [3.8, 4) is 5.69 Å². The van der Waals surface area contributed by atoms with Gasteiger partial charge in [-0.1, -0.05) is 18.2 Å². The molecule has 0 saturated heterocycles. The van der Waals surface area contributed by atoms with Crippen molar-refractivity contribution in [3.05, 3.63) is 40.9 Å². The quantitative estimate of drug-likeness (QED) is 0.612. The maximum atomic E-state index is 10.7. The van der Waals surface area contributed by atoms with Gasteiger partial charge in [-0.25, -0.2) is 4.68 Å². The van der Waals surface area contributed by atoms with Gasteiger partial charge < -0.3 is 0 Å². The van der Waals surface area contributed by atoms with Crippen LogP contribution in [-0.4, -0.2) is 15.0 Å². The second-order valence-electron chi connectivity index (χ2n) is 3.23. The molecule has 0 fully saturated rings. The molecule has 6 heteroatoms. The fraction of sp³-hybridized carbons (Fsp3) is 0.100. The number of nitrogens with zero attached hydrogens (tertiary/aromatic N) is 3. The SMILES string of the molecule is Cc1nn(-c2ccccc2)c(N=O)c1NO. The molecule has 2 rings (SSSR count). The Kier molecular flexibility index (Phi) is 2.65. The summed E-state index contributed by atoms with van der Waals surface area (Å²) in [5.74, 6) is 0.0474. The largest absolute Gasteiger partial charge is 0.291 e. The topological polar surface area (TPSA) is 79.5 Å². The molecule has 0 unspecified atom stereocenters. The number of hydrogen-bond acceptors (Lipinski definition) is 5. The number of anilines is 1. The number of nitrogens with one attached hydrogen (secondary N) is 1. The van der Waals surface area contributed by atoms with Gasteiger partial charge in [0.2, 0.25) is 5.82 Å². The van der Waals surface area contributed by atoms with Gasteiger partial charge in [-0.15, -0.1) is 4.91 Å². The van der Waals surface area contributed by atoms with E-state index in [0.717, 1.165) is 0 Å². The van der Waals surface area contributed by atoms with Crippen molar-refractivity contribution in [1.29, 1.82) is 0 Å². The Morgan fingerprint density at radius 3 is 2.62 bits per heavy atom. The van der Waals surface area contributed by atoms with E-state index in [9.17, 15) is 4.91 Å². The predicted molar refractivity (Wildman–Crippen MR) is 59.2 cm³/mol. The second-order valence-corrected chi connectivity index (χ2v) is 3.23. The van der Waals surface area contributed by atoms with Crippen LogP contribution in [-0.2, 0) is 0 Å². The van der Waals surface area contributed by atoms with Gasteiger partial charge in [-0.3, -0.25) is 10.7 Å². The average molecular weight is 218 g/mol. The van der Waals surface area contributed by atoms with Gasteiger partial charge in [-0.05, 0) is 24.2 Å². The number of para-hydroxylation sites is 1. The van der Waals surface area contributed by atoms with E-state index in [1.165, 1.54) is 4.68 Å². The van der Waals surface area contributed by atoms with Crippen LogP contribution in [0, 0.1) is 11.8 Å². The molecule has 16 heavy (non-hydrogen) atoms. The molecule has 1 heterocycles. The third kappa shape index (κ3) is 1.55. The van der Waals surface area contributed by atoms with Crippen LogP contribution in [0.5, 0.6) is 0 Å². The minimum absolute atomic E-state index is 0.0474. The summed E-state index contributed by atoms with van der Waals surface area (Å²) in [6, 6.07) is 9.10. The van der Waals surface area contributed by atoms with E-state index < -0.39 is 0 Å². The zero-order valence-electron chi connectivity index (χ0n) is 8.58. The molecule has 0 radical (unpaired) electrons. The molecule has 0 amide bonds. The van der Waals surface area contributed by atoms with E-state index in [2.05, 4.69) is 10.3 Å². The molecule has 0 atom stereocenters. The lowest BCUT2D eigenvalue weighted by Gasteiger charge is -2.01. The van der Waals surface area contributed by atoms with Crippen molar-refractivity contribution >= 4 is 11.5 Å². The van der Waals surface area contributed by atoms with Gasteiger partial charge in [0.15, 0.2) is 0 Å². The number of nitroso groups, excluding NO2 is 1. The summed E-state index contributed by atoms with van der Waals surface area (Å²) >= 11 is 0. The minimum Gasteiger partial charge on any atom is -0.291 e. The molecule has 0 aliphatic rings. The highest BCUT2D eigenvalue weighted by molar-refractivity contribution is 5.65. The Morgan fingerprint density at radius 1 is 1.38 bits per heavy atom. The summed E-state index contributed by atoms with van der Waals surface area (Å²) < 4.78 is 1.38. The highest BCUT2D eigenvalue weighted by Gasteiger charge is 2.16. The van der Waals surface area contributed by atoms with Crippen LogP contribution in [0.4, 0.5) is 11.5 Å². The number of aryl methyl sites for hydroxylation is 1. The molecular weight excluding hydrogens is 208 g/mol. The van der Waals surface area contributed by atoms with E-state index >= 15 is 0 Å². The van der Waals surface area contributed by atoms with Gasteiger partial charge >= 0.3 is 0 Å². The van der Waals surface area contributed by atoms with Crippen LogP contribution < -0.4 is 5.48 Å². The molecule has 0 aliphatic heterocycles.